The molecule has 0 N–H and O–H groups in total. The van der Waals surface area contributed by atoms with Crippen molar-refractivity contribution in [2.45, 2.75) is 0 Å². The Labute approximate surface area is 462 Å². The summed E-state index contributed by atoms with van der Waals surface area (Å²) in [5.41, 5.74) is 22.5. The highest BCUT2D eigenvalue weighted by Gasteiger charge is 2.21. The average Bonchev–Trinajstić information content (AvgIpc) is 4.15. The Morgan fingerprint density at radius 1 is 0.215 bits per heavy atom. The number of nitrogens with zero attached hydrogens (tertiary/aromatic N) is 2. The van der Waals surface area contributed by atoms with Crippen molar-refractivity contribution < 1.29 is 0 Å². The number of benzene rings is 13. The first-order valence-corrected chi connectivity index (χ1v) is 27.7. The van der Waals surface area contributed by atoms with Crippen LogP contribution in [0.25, 0.3) is 153 Å². The Morgan fingerprint density at radius 2 is 0.532 bits per heavy atom. The molecule has 3 heteroatoms. The molecule has 0 atom stereocenters. The lowest BCUT2D eigenvalue weighted by molar-refractivity contribution is 1.31. The molecule has 0 amide bonds. The van der Waals surface area contributed by atoms with E-state index >= 15 is 0 Å². The monoisotopic (exact) mass is 1020 g/mol. The van der Waals surface area contributed by atoms with Gasteiger partial charge in [-0.1, -0.05) is 218 Å². The third-order valence-corrected chi connectivity index (χ3v) is 16.9. The van der Waals surface area contributed by atoms with Gasteiger partial charge in [0, 0.05) is 47.6 Å². The summed E-state index contributed by atoms with van der Waals surface area (Å²) in [7, 11) is 0. The molecule has 0 aliphatic rings. The van der Waals surface area contributed by atoms with E-state index in [4.69, 9.17) is 9.97 Å². The molecule has 2 heterocycles. The molecule has 0 saturated carbocycles. The van der Waals surface area contributed by atoms with Crippen molar-refractivity contribution in [2.75, 3.05) is 0 Å². The highest BCUT2D eigenvalue weighted by molar-refractivity contribution is 7.27. The zero-order valence-corrected chi connectivity index (χ0v) is 43.8. The molecule has 0 saturated heterocycles. The molecular formula is C76H48N2S. The van der Waals surface area contributed by atoms with Crippen LogP contribution in [0.5, 0.6) is 0 Å². The first kappa shape index (κ1) is 46.3. The number of fused-ring (bicyclic) bond motifs is 9. The molecule has 2 nitrogen and oxygen atoms in total. The van der Waals surface area contributed by atoms with Crippen molar-refractivity contribution in [2.24, 2.45) is 0 Å². The normalized spacial score (nSPS) is 11.5. The molecule has 0 aliphatic carbocycles. The van der Waals surface area contributed by atoms with Gasteiger partial charge < -0.3 is 0 Å². The average molecular weight is 1020 g/mol. The standard InChI is InChI=1S/C76H48N2S/c1-6-21-49(22-7-1)56-38-57(50-23-8-2-9-24-50)41-60(40-56)62-44-68(53-29-14-5-15-30-53)75-70(46-62)71-47-63(61-42-58(51-25-10-3-11-26-51)39-59(43-61)52-27-12-4-13-28-52)45-69(76(71)79-75)54-31-20-32-55(37-54)72-48-77-73-66-35-18-16-33-64(66)65-34-17-19-36-67(65)74(73)78-72/h1-48H. The van der Waals surface area contributed by atoms with Crippen LogP contribution < -0.4 is 0 Å². The first-order chi connectivity index (χ1) is 39.1. The lowest BCUT2D eigenvalue weighted by Crippen LogP contribution is -1.92. The topological polar surface area (TPSA) is 25.8 Å². The SMILES string of the molecule is c1ccc(-c2cc(-c3ccccc3)cc(-c3cc(-c4ccccc4)c4sc5c(-c6cccc(-c7cnc8c9ccccc9c9ccccc9c8n7)c6)cc(-c6cc(-c7ccccc7)cc(-c7ccccc7)c6)cc5c4c3)c2)cc1. The minimum Gasteiger partial charge on any atom is -0.252 e. The molecular weight excluding hydrogens is 973 g/mol. The van der Waals surface area contributed by atoms with Crippen LogP contribution in [0, 0.1) is 0 Å². The van der Waals surface area contributed by atoms with Crippen LogP contribution in [0.15, 0.2) is 291 Å². The maximum Gasteiger partial charge on any atom is 0.0979 e. The predicted molar refractivity (Wildman–Crippen MR) is 336 cm³/mol. The van der Waals surface area contributed by atoms with E-state index in [0.717, 1.165) is 49.8 Å². The zero-order chi connectivity index (χ0) is 52.2. The van der Waals surface area contributed by atoms with Crippen LogP contribution in [0.3, 0.4) is 0 Å². The summed E-state index contributed by atoms with van der Waals surface area (Å²) in [6, 6.07) is 104. The predicted octanol–water partition coefficient (Wildman–Crippen LogP) is 21.3. The van der Waals surface area contributed by atoms with Crippen molar-refractivity contribution in [3.05, 3.63) is 291 Å². The lowest BCUT2D eigenvalue weighted by Gasteiger charge is -2.14. The fraction of sp³-hybridized carbons (Fsp3) is 0. The quantitative estimate of drug-likeness (QED) is 0.135. The van der Waals surface area contributed by atoms with Gasteiger partial charge in [0.25, 0.3) is 0 Å². The zero-order valence-electron chi connectivity index (χ0n) is 43.0. The molecule has 368 valence electrons. The van der Waals surface area contributed by atoms with Crippen LogP contribution in [0.2, 0.25) is 0 Å². The van der Waals surface area contributed by atoms with Gasteiger partial charge in [0.05, 0.1) is 22.9 Å². The molecule has 0 fully saturated rings. The van der Waals surface area contributed by atoms with Crippen molar-refractivity contribution in [1.82, 2.24) is 9.97 Å². The summed E-state index contributed by atoms with van der Waals surface area (Å²) in [6.07, 6.45) is 1.96. The maximum atomic E-state index is 5.47. The molecule has 79 heavy (non-hydrogen) atoms. The lowest BCUT2D eigenvalue weighted by atomic mass is 9.89. The van der Waals surface area contributed by atoms with E-state index in [-0.39, 0.29) is 0 Å². The fourth-order valence-electron chi connectivity index (χ4n) is 11.7. The van der Waals surface area contributed by atoms with E-state index < -0.39 is 0 Å². The van der Waals surface area contributed by atoms with E-state index in [0.29, 0.717) is 0 Å². The molecule has 0 unspecified atom stereocenters. The van der Waals surface area contributed by atoms with Crippen molar-refractivity contribution in [3.8, 4) is 100 Å². The number of rotatable bonds is 9. The molecule has 15 aromatic rings. The number of hydrogen-bond donors (Lipinski definition) is 0. The third-order valence-electron chi connectivity index (χ3n) is 15.6. The largest absolute Gasteiger partial charge is 0.252 e. The second-order valence-corrected chi connectivity index (χ2v) is 21.5. The molecule has 13 aromatic carbocycles. The smallest absolute Gasteiger partial charge is 0.0979 e. The van der Waals surface area contributed by atoms with Crippen molar-refractivity contribution >= 4 is 64.1 Å². The molecule has 0 spiro atoms. The highest BCUT2D eigenvalue weighted by Crippen LogP contribution is 2.49. The number of hydrogen-bond acceptors (Lipinski definition) is 3. The van der Waals surface area contributed by atoms with Crippen LogP contribution in [0.1, 0.15) is 0 Å². The first-order valence-electron chi connectivity index (χ1n) is 26.9. The minimum atomic E-state index is 0.838. The van der Waals surface area contributed by atoms with Gasteiger partial charge in [-0.05, 0) is 155 Å². The highest BCUT2D eigenvalue weighted by atomic mass is 32.1. The van der Waals surface area contributed by atoms with Crippen molar-refractivity contribution in [1.29, 1.82) is 0 Å². The molecule has 15 rings (SSSR count). The van der Waals surface area contributed by atoms with Gasteiger partial charge in [-0.2, -0.15) is 0 Å². The summed E-state index contributed by atoms with van der Waals surface area (Å²) in [5.74, 6) is 0. The van der Waals surface area contributed by atoms with E-state index in [1.807, 2.05) is 17.5 Å². The summed E-state index contributed by atoms with van der Waals surface area (Å²) < 4.78 is 2.49. The van der Waals surface area contributed by atoms with Gasteiger partial charge in [-0.3, -0.25) is 4.98 Å². The number of aromatic nitrogens is 2. The van der Waals surface area contributed by atoms with Crippen LogP contribution in [-0.4, -0.2) is 9.97 Å². The Hall–Kier alpha value is -10.1. The van der Waals surface area contributed by atoms with E-state index in [2.05, 4.69) is 285 Å². The third kappa shape index (κ3) is 8.45. The second-order valence-electron chi connectivity index (χ2n) is 20.5. The molecule has 2 aromatic heterocycles. The molecule has 0 aliphatic heterocycles. The van der Waals surface area contributed by atoms with Crippen LogP contribution in [0.4, 0.5) is 0 Å². The van der Waals surface area contributed by atoms with Crippen LogP contribution >= 0.6 is 11.3 Å². The Morgan fingerprint density at radius 3 is 0.975 bits per heavy atom. The Kier molecular flexibility index (Phi) is 11.4. The van der Waals surface area contributed by atoms with E-state index in [1.165, 1.54) is 103 Å². The Balaban J connectivity index is 0.996. The van der Waals surface area contributed by atoms with Crippen LogP contribution in [-0.2, 0) is 0 Å². The summed E-state index contributed by atoms with van der Waals surface area (Å²) in [5, 5.41) is 7.02. The fourth-order valence-corrected chi connectivity index (χ4v) is 13.1. The van der Waals surface area contributed by atoms with Gasteiger partial charge in [-0.15, -0.1) is 11.3 Å². The Bertz CT molecular complexity index is 4650. The minimum absolute atomic E-state index is 0.838. The van der Waals surface area contributed by atoms with Gasteiger partial charge in [0.1, 0.15) is 0 Å². The molecule has 0 bridgehead atoms. The van der Waals surface area contributed by atoms with Gasteiger partial charge in [-0.25, -0.2) is 4.98 Å². The summed E-state index contributed by atoms with van der Waals surface area (Å²) >= 11 is 1.89. The summed E-state index contributed by atoms with van der Waals surface area (Å²) in [6.45, 7) is 0. The second kappa shape index (κ2) is 19.5. The van der Waals surface area contributed by atoms with E-state index in [1.54, 1.807) is 0 Å². The van der Waals surface area contributed by atoms with Gasteiger partial charge in [0.15, 0.2) is 0 Å². The summed E-state index contributed by atoms with van der Waals surface area (Å²) in [4.78, 5) is 10.7. The van der Waals surface area contributed by atoms with Crippen molar-refractivity contribution in [3.63, 3.8) is 0 Å². The number of thiophene rings is 1. The van der Waals surface area contributed by atoms with Gasteiger partial charge >= 0.3 is 0 Å². The maximum absolute atomic E-state index is 5.47. The van der Waals surface area contributed by atoms with E-state index in [9.17, 15) is 0 Å². The molecule has 0 radical (unpaired) electrons. The van der Waals surface area contributed by atoms with Gasteiger partial charge in [0.2, 0.25) is 0 Å².